The van der Waals surface area contributed by atoms with Gasteiger partial charge in [0.15, 0.2) is 11.5 Å². The fourth-order valence-corrected chi connectivity index (χ4v) is 3.91. The topological polar surface area (TPSA) is 119 Å². The number of H-pyrrole nitrogens is 1. The zero-order chi connectivity index (χ0) is 23.4. The van der Waals surface area contributed by atoms with Crippen molar-refractivity contribution in [1.29, 1.82) is 0 Å². The average Bonchev–Trinajstić information content (AvgIpc) is 3.34. The van der Waals surface area contributed by atoms with Crippen molar-refractivity contribution in [2.24, 2.45) is 0 Å². The first-order chi connectivity index (χ1) is 15.8. The highest BCUT2D eigenvalue weighted by Gasteiger charge is 2.24. The van der Waals surface area contributed by atoms with E-state index in [1.807, 2.05) is 13.8 Å². The Morgan fingerprint density at radius 1 is 1.12 bits per heavy atom. The van der Waals surface area contributed by atoms with E-state index < -0.39 is 17.3 Å². The van der Waals surface area contributed by atoms with Crippen molar-refractivity contribution < 1.29 is 8.78 Å². The lowest BCUT2D eigenvalue weighted by atomic mass is 10.2. The van der Waals surface area contributed by atoms with E-state index >= 15 is 0 Å². The first-order valence-corrected chi connectivity index (χ1v) is 10.2. The third-order valence-electron chi connectivity index (χ3n) is 5.41. The molecule has 168 valence electrons. The zero-order valence-corrected chi connectivity index (χ0v) is 18.0. The molecule has 3 heterocycles. The molecule has 0 radical (unpaired) electrons. The summed E-state index contributed by atoms with van der Waals surface area (Å²) in [4.78, 5) is 22.2. The quantitative estimate of drug-likeness (QED) is 0.381. The van der Waals surface area contributed by atoms with Gasteiger partial charge in [-0.25, -0.2) is 13.6 Å². The molecule has 2 aromatic carbocycles. The van der Waals surface area contributed by atoms with Crippen LogP contribution < -0.4 is 16.7 Å². The Hall–Kier alpha value is -4.28. The van der Waals surface area contributed by atoms with Crippen LogP contribution in [0.1, 0.15) is 25.5 Å². The van der Waals surface area contributed by atoms with Crippen LogP contribution >= 0.6 is 0 Å². The second-order valence-electron chi connectivity index (χ2n) is 8.02. The molecule has 0 aliphatic heterocycles. The van der Waals surface area contributed by atoms with Gasteiger partial charge in [-0.05, 0) is 50.6 Å². The van der Waals surface area contributed by atoms with E-state index in [2.05, 4.69) is 25.5 Å². The first-order valence-electron chi connectivity index (χ1n) is 10.2. The van der Waals surface area contributed by atoms with E-state index in [-0.39, 0.29) is 40.2 Å². The minimum atomic E-state index is -0.497. The number of aromatic amines is 1. The maximum Gasteiger partial charge on any atom is 0.335 e. The van der Waals surface area contributed by atoms with Gasteiger partial charge in [0.1, 0.15) is 22.7 Å². The number of benzene rings is 2. The smallest absolute Gasteiger partial charge is 0.335 e. The Morgan fingerprint density at radius 2 is 1.91 bits per heavy atom. The number of nitrogens with two attached hydrogens (primary N) is 1. The fraction of sp³-hybridized carbons (Fsp3) is 0.182. The number of imidazole rings is 1. The largest absolute Gasteiger partial charge is 0.382 e. The normalized spacial score (nSPS) is 11.7. The lowest BCUT2D eigenvalue weighted by Gasteiger charge is -2.10. The van der Waals surface area contributed by atoms with Gasteiger partial charge in [-0.2, -0.15) is 15.1 Å². The Labute approximate surface area is 185 Å². The third kappa shape index (κ3) is 3.20. The molecule has 3 aromatic heterocycles. The summed E-state index contributed by atoms with van der Waals surface area (Å²) < 4.78 is 31.4. The molecule has 0 aliphatic carbocycles. The molecule has 9 nitrogen and oxygen atoms in total. The standard InChI is InChI=1S/C22H20F2N8O/c1-10(2)31-20-18(19(25)28-21(29-20)27-15-6-4-11(3)8-14(15)24)32(22(31)33)16-7-5-13(23)17-12(16)9-26-30-17/h4-10H,1-3H3,(H,26,30)(H3,25,27,28,29). The summed E-state index contributed by atoms with van der Waals surface area (Å²) in [6.45, 7) is 5.44. The molecule has 11 heteroatoms. The Morgan fingerprint density at radius 3 is 2.64 bits per heavy atom. The molecule has 0 amide bonds. The summed E-state index contributed by atoms with van der Waals surface area (Å²) in [7, 11) is 0. The molecular weight excluding hydrogens is 430 g/mol. The van der Waals surface area contributed by atoms with E-state index in [0.717, 1.165) is 5.56 Å². The van der Waals surface area contributed by atoms with Crippen LogP contribution in [0.3, 0.4) is 0 Å². The van der Waals surface area contributed by atoms with Crippen molar-refractivity contribution >= 4 is 39.5 Å². The Balaban J connectivity index is 1.77. The lowest BCUT2D eigenvalue weighted by Crippen LogP contribution is -2.25. The van der Waals surface area contributed by atoms with Gasteiger partial charge >= 0.3 is 5.69 Å². The van der Waals surface area contributed by atoms with Crippen LogP contribution in [0.2, 0.25) is 0 Å². The fourth-order valence-electron chi connectivity index (χ4n) is 3.91. The second kappa shape index (κ2) is 7.40. The van der Waals surface area contributed by atoms with E-state index in [4.69, 9.17) is 5.73 Å². The van der Waals surface area contributed by atoms with E-state index in [0.29, 0.717) is 11.1 Å². The number of rotatable bonds is 4. The molecule has 0 fully saturated rings. The number of aryl methyl sites for hydroxylation is 1. The molecule has 5 rings (SSSR count). The SMILES string of the molecule is Cc1ccc(Nc2nc(N)c3c(n2)n(C(C)C)c(=O)n3-c2ccc(F)c3[nH]ncc23)c(F)c1. The molecule has 0 spiro atoms. The van der Waals surface area contributed by atoms with Gasteiger partial charge < -0.3 is 11.1 Å². The average molecular weight is 450 g/mol. The number of nitrogen functional groups attached to an aromatic ring is 1. The van der Waals surface area contributed by atoms with Crippen LogP contribution in [0.5, 0.6) is 0 Å². The predicted octanol–water partition coefficient (Wildman–Crippen LogP) is 3.95. The molecule has 0 saturated heterocycles. The highest BCUT2D eigenvalue weighted by Crippen LogP contribution is 2.29. The summed E-state index contributed by atoms with van der Waals surface area (Å²) >= 11 is 0. The maximum atomic E-state index is 14.3. The van der Waals surface area contributed by atoms with Crippen LogP contribution in [0.4, 0.5) is 26.2 Å². The number of hydrogen-bond acceptors (Lipinski definition) is 6. The monoisotopic (exact) mass is 450 g/mol. The number of anilines is 3. The summed E-state index contributed by atoms with van der Waals surface area (Å²) in [5, 5.41) is 9.74. The van der Waals surface area contributed by atoms with Crippen molar-refractivity contribution in [3.63, 3.8) is 0 Å². The number of halogens is 2. The minimum absolute atomic E-state index is 0.00693. The van der Waals surface area contributed by atoms with E-state index in [1.165, 1.54) is 33.5 Å². The van der Waals surface area contributed by atoms with Gasteiger partial charge in [0.25, 0.3) is 0 Å². The van der Waals surface area contributed by atoms with Gasteiger partial charge in [-0.3, -0.25) is 14.2 Å². The number of hydrogen-bond donors (Lipinski definition) is 3. The van der Waals surface area contributed by atoms with Gasteiger partial charge in [0, 0.05) is 11.4 Å². The molecule has 4 N–H and O–H groups in total. The lowest BCUT2D eigenvalue weighted by molar-refractivity contribution is 0.586. The van der Waals surface area contributed by atoms with Gasteiger partial charge in [0.2, 0.25) is 5.95 Å². The molecule has 0 unspecified atom stereocenters. The number of nitrogens with one attached hydrogen (secondary N) is 2. The van der Waals surface area contributed by atoms with Gasteiger partial charge in [-0.1, -0.05) is 6.07 Å². The maximum absolute atomic E-state index is 14.3. The van der Waals surface area contributed by atoms with Crippen molar-refractivity contribution in [2.75, 3.05) is 11.1 Å². The van der Waals surface area contributed by atoms with Crippen LogP contribution in [0.15, 0.2) is 41.3 Å². The van der Waals surface area contributed by atoms with Gasteiger partial charge in [0.05, 0.1) is 17.6 Å². The van der Waals surface area contributed by atoms with E-state index in [9.17, 15) is 13.6 Å². The predicted molar refractivity (Wildman–Crippen MR) is 122 cm³/mol. The minimum Gasteiger partial charge on any atom is -0.382 e. The van der Waals surface area contributed by atoms with Crippen LogP contribution in [-0.2, 0) is 0 Å². The van der Waals surface area contributed by atoms with Crippen molar-refractivity contribution in [3.8, 4) is 5.69 Å². The molecule has 5 aromatic rings. The Bertz CT molecular complexity index is 1600. The van der Waals surface area contributed by atoms with Crippen molar-refractivity contribution in [2.45, 2.75) is 26.8 Å². The third-order valence-corrected chi connectivity index (χ3v) is 5.41. The first kappa shape index (κ1) is 20.6. The highest BCUT2D eigenvalue weighted by molar-refractivity contribution is 5.92. The summed E-state index contributed by atoms with van der Waals surface area (Å²) in [5.74, 6) is -0.915. The molecule has 0 atom stereocenters. The molecular formula is C22H20F2N8O. The summed E-state index contributed by atoms with van der Waals surface area (Å²) in [6, 6.07) is 7.15. The van der Waals surface area contributed by atoms with Crippen LogP contribution in [0.25, 0.3) is 27.8 Å². The second-order valence-corrected chi connectivity index (χ2v) is 8.02. The number of aromatic nitrogens is 6. The van der Waals surface area contributed by atoms with Crippen LogP contribution in [0, 0.1) is 18.6 Å². The Kier molecular flexibility index (Phi) is 4.62. The molecule has 0 saturated carbocycles. The van der Waals surface area contributed by atoms with Crippen molar-refractivity contribution in [3.05, 3.63) is 64.2 Å². The number of fused-ring (bicyclic) bond motifs is 2. The van der Waals surface area contributed by atoms with E-state index in [1.54, 1.807) is 19.1 Å². The molecule has 0 aliphatic rings. The van der Waals surface area contributed by atoms with Crippen molar-refractivity contribution in [1.82, 2.24) is 29.3 Å². The summed E-state index contributed by atoms with van der Waals surface area (Å²) in [5.41, 5.74) is 7.88. The number of nitrogens with zero attached hydrogens (tertiary/aromatic N) is 5. The van der Waals surface area contributed by atoms with Crippen LogP contribution in [-0.4, -0.2) is 29.3 Å². The summed E-state index contributed by atoms with van der Waals surface area (Å²) in [6.07, 6.45) is 1.44. The zero-order valence-electron chi connectivity index (χ0n) is 18.0. The molecule has 0 bridgehead atoms. The van der Waals surface area contributed by atoms with Gasteiger partial charge in [-0.15, -0.1) is 0 Å². The molecule has 33 heavy (non-hydrogen) atoms. The highest BCUT2D eigenvalue weighted by atomic mass is 19.1.